The Labute approximate surface area is 213 Å². The van der Waals surface area contributed by atoms with Crippen molar-refractivity contribution in [2.75, 3.05) is 26.2 Å². The molecule has 35 heavy (non-hydrogen) atoms. The van der Waals surface area contributed by atoms with Gasteiger partial charge in [-0.15, -0.1) is 0 Å². The number of carboxylic acids is 3. The third kappa shape index (κ3) is 22.3. The molecule has 0 aliphatic heterocycles. The second kappa shape index (κ2) is 22.6. The number of hydrogen-bond acceptors (Lipinski definition) is 4. The lowest BCUT2D eigenvalue weighted by Gasteiger charge is -2.38. The molecular formula is C28H51NO6. The van der Waals surface area contributed by atoms with Crippen LogP contribution in [0.4, 0.5) is 0 Å². The molecule has 0 fully saturated rings. The van der Waals surface area contributed by atoms with Crippen molar-refractivity contribution >= 4 is 17.9 Å². The molecule has 204 valence electrons. The molecule has 0 saturated carbocycles. The second-order valence-electron chi connectivity index (χ2n) is 9.94. The smallest absolute Gasteiger partial charge is 0.309 e. The number of carbonyl (C=O) groups excluding carboxylic acids is 1. The highest BCUT2D eigenvalue weighted by atomic mass is 16.4. The summed E-state index contributed by atoms with van der Waals surface area (Å²) < 4.78 is 0.223. The Hall–Kier alpha value is -1.89. The number of quaternary nitrogens is 1. The quantitative estimate of drug-likeness (QED) is 0.0949. The van der Waals surface area contributed by atoms with Gasteiger partial charge in [-0.2, -0.15) is 0 Å². The van der Waals surface area contributed by atoms with Crippen LogP contribution in [0.3, 0.4) is 0 Å². The Balaban J connectivity index is 4.04. The molecule has 7 nitrogen and oxygen atoms in total. The van der Waals surface area contributed by atoms with E-state index in [4.69, 9.17) is 10.2 Å². The molecular weight excluding hydrogens is 446 g/mol. The maximum absolute atomic E-state index is 11.1. The molecule has 0 aromatic rings. The first-order valence-corrected chi connectivity index (χ1v) is 13.9. The standard InChI is InChI=1S/C28H51NO6/c1-2-3-4-5-6-7-8-9-10-11-12-13-14-15-16-17-18-22-29(23-19-26(30)31,24-20-27(32)33)25-21-28(34)35/h6-7H,2-5,8-25H2,1H3,(H2-,30,31,32,33,34,35)/b7-6+. The zero-order chi connectivity index (χ0) is 26.2. The van der Waals surface area contributed by atoms with Gasteiger partial charge in [0.1, 0.15) is 0 Å². The minimum Gasteiger partial charge on any atom is -0.550 e. The monoisotopic (exact) mass is 497 g/mol. The van der Waals surface area contributed by atoms with Crippen LogP contribution in [0.1, 0.15) is 122 Å². The van der Waals surface area contributed by atoms with Gasteiger partial charge in [0.25, 0.3) is 0 Å². The molecule has 0 rings (SSSR count). The molecule has 0 amide bonds. The van der Waals surface area contributed by atoms with Crippen LogP contribution in [0.25, 0.3) is 0 Å². The van der Waals surface area contributed by atoms with E-state index >= 15 is 0 Å². The lowest BCUT2D eigenvalue weighted by atomic mass is 10.0. The van der Waals surface area contributed by atoms with Crippen LogP contribution in [0.15, 0.2) is 12.2 Å². The predicted octanol–water partition coefficient (Wildman–Crippen LogP) is 5.32. The molecule has 2 N–H and O–H groups in total. The zero-order valence-electron chi connectivity index (χ0n) is 22.2. The molecule has 0 aromatic heterocycles. The largest absolute Gasteiger partial charge is 0.550 e. The van der Waals surface area contributed by atoms with Gasteiger partial charge in [-0.05, 0) is 38.5 Å². The van der Waals surface area contributed by atoms with Crippen LogP contribution in [0.2, 0.25) is 0 Å². The van der Waals surface area contributed by atoms with E-state index in [0.717, 1.165) is 19.3 Å². The first-order valence-electron chi connectivity index (χ1n) is 13.9. The first-order chi connectivity index (χ1) is 16.8. The lowest BCUT2D eigenvalue weighted by molar-refractivity contribution is -0.927. The summed E-state index contributed by atoms with van der Waals surface area (Å²) >= 11 is 0. The summed E-state index contributed by atoms with van der Waals surface area (Å²) in [5, 5.41) is 29.2. The topological polar surface area (TPSA) is 115 Å². The highest BCUT2D eigenvalue weighted by Gasteiger charge is 2.28. The van der Waals surface area contributed by atoms with E-state index in [9.17, 15) is 19.5 Å². The van der Waals surface area contributed by atoms with E-state index in [1.807, 2.05) is 0 Å². The third-order valence-corrected chi connectivity index (χ3v) is 6.78. The summed E-state index contributed by atoms with van der Waals surface area (Å²) in [5.74, 6) is -3.08. The van der Waals surface area contributed by atoms with E-state index in [1.165, 1.54) is 77.0 Å². The van der Waals surface area contributed by atoms with Crippen LogP contribution >= 0.6 is 0 Å². The van der Waals surface area contributed by atoms with Crippen molar-refractivity contribution in [1.29, 1.82) is 0 Å². The van der Waals surface area contributed by atoms with Gasteiger partial charge in [-0.3, -0.25) is 9.59 Å². The third-order valence-electron chi connectivity index (χ3n) is 6.78. The fourth-order valence-electron chi connectivity index (χ4n) is 4.54. The Bertz CT molecular complexity index is 544. The average molecular weight is 498 g/mol. The molecule has 0 heterocycles. The number of hydrogen-bond donors (Lipinski definition) is 2. The lowest BCUT2D eigenvalue weighted by Crippen LogP contribution is -2.53. The molecule has 0 spiro atoms. The highest BCUT2D eigenvalue weighted by Crippen LogP contribution is 2.17. The maximum Gasteiger partial charge on any atom is 0.309 e. The van der Waals surface area contributed by atoms with E-state index in [2.05, 4.69) is 19.1 Å². The molecule has 0 unspecified atom stereocenters. The summed E-state index contributed by atoms with van der Waals surface area (Å²) in [6.07, 6.45) is 22.4. The van der Waals surface area contributed by atoms with Crippen molar-refractivity contribution in [3.63, 3.8) is 0 Å². The Morgan fingerprint density at radius 2 is 1.00 bits per heavy atom. The summed E-state index contributed by atoms with van der Waals surface area (Å²) in [5.41, 5.74) is 0. The molecule has 0 aromatic carbocycles. The molecule has 7 heteroatoms. The van der Waals surface area contributed by atoms with Crippen molar-refractivity contribution in [3.05, 3.63) is 12.2 Å². The zero-order valence-corrected chi connectivity index (χ0v) is 22.2. The van der Waals surface area contributed by atoms with Crippen LogP contribution in [-0.4, -0.2) is 58.8 Å². The number of unbranched alkanes of at least 4 members (excludes halogenated alkanes) is 13. The first kappa shape index (κ1) is 33.1. The Morgan fingerprint density at radius 3 is 1.43 bits per heavy atom. The molecule has 0 aliphatic rings. The summed E-state index contributed by atoms with van der Waals surface area (Å²) in [7, 11) is 0. The minimum atomic E-state index is -1.18. The second-order valence-corrected chi connectivity index (χ2v) is 9.94. The van der Waals surface area contributed by atoms with Gasteiger partial charge in [0, 0.05) is 12.4 Å². The van der Waals surface area contributed by atoms with Gasteiger partial charge in [0.05, 0.1) is 39.0 Å². The number of carboxylic acid groups (broad SMARTS) is 3. The molecule has 0 atom stereocenters. The molecule has 0 saturated heterocycles. The van der Waals surface area contributed by atoms with Gasteiger partial charge in [0.2, 0.25) is 0 Å². The van der Waals surface area contributed by atoms with Gasteiger partial charge < -0.3 is 24.6 Å². The molecule has 0 radical (unpaired) electrons. The van der Waals surface area contributed by atoms with Crippen molar-refractivity contribution in [2.45, 2.75) is 122 Å². The normalized spacial score (nSPS) is 11.8. The summed E-state index contributed by atoms with van der Waals surface area (Å²) in [6.45, 7) is 3.57. The Kier molecular flexibility index (Phi) is 21.3. The highest BCUT2D eigenvalue weighted by molar-refractivity contribution is 5.67. The number of rotatable bonds is 26. The van der Waals surface area contributed by atoms with Gasteiger partial charge in [-0.1, -0.05) is 76.9 Å². The number of carbonyl (C=O) groups is 3. The fraction of sp³-hybridized carbons (Fsp3) is 0.821. The van der Waals surface area contributed by atoms with Crippen molar-refractivity contribution in [1.82, 2.24) is 0 Å². The SMILES string of the molecule is CCCCC/C=C/CCCCCCCCCCCC[N+](CCC(=O)[O-])(CCC(=O)O)CCC(=O)O. The molecule has 0 aliphatic carbocycles. The predicted molar refractivity (Wildman–Crippen MR) is 138 cm³/mol. The average Bonchev–Trinajstić information content (AvgIpc) is 2.81. The maximum atomic E-state index is 11.1. The van der Waals surface area contributed by atoms with Crippen LogP contribution < -0.4 is 5.11 Å². The van der Waals surface area contributed by atoms with E-state index in [-0.39, 0.29) is 43.4 Å². The van der Waals surface area contributed by atoms with Gasteiger partial charge in [0.15, 0.2) is 0 Å². The van der Waals surface area contributed by atoms with Crippen molar-refractivity contribution in [3.8, 4) is 0 Å². The summed E-state index contributed by atoms with van der Waals surface area (Å²) in [4.78, 5) is 33.2. The molecule has 0 bridgehead atoms. The van der Waals surface area contributed by atoms with Crippen LogP contribution in [-0.2, 0) is 14.4 Å². The fourth-order valence-corrected chi connectivity index (χ4v) is 4.54. The summed E-state index contributed by atoms with van der Waals surface area (Å²) in [6, 6.07) is 0. The van der Waals surface area contributed by atoms with Crippen molar-refractivity contribution < 1.29 is 34.2 Å². The number of nitrogens with zero attached hydrogens (tertiary/aromatic N) is 1. The van der Waals surface area contributed by atoms with Crippen LogP contribution in [0.5, 0.6) is 0 Å². The van der Waals surface area contributed by atoms with Gasteiger partial charge in [-0.25, -0.2) is 0 Å². The van der Waals surface area contributed by atoms with Crippen molar-refractivity contribution in [2.24, 2.45) is 0 Å². The van der Waals surface area contributed by atoms with E-state index in [1.54, 1.807) is 0 Å². The number of allylic oxidation sites excluding steroid dienone is 2. The van der Waals surface area contributed by atoms with Crippen LogP contribution in [0, 0.1) is 0 Å². The Morgan fingerprint density at radius 1 is 0.600 bits per heavy atom. The number of aliphatic carboxylic acids is 3. The minimum absolute atomic E-state index is 0.0953. The van der Waals surface area contributed by atoms with E-state index < -0.39 is 17.9 Å². The van der Waals surface area contributed by atoms with Gasteiger partial charge >= 0.3 is 11.9 Å². The van der Waals surface area contributed by atoms with E-state index in [0.29, 0.717) is 6.54 Å².